The summed E-state index contributed by atoms with van der Waals surface area (Å²) in [5.74, 6) is 0.289. The standard InChI is InChI=1S/C19H18FNO3/c1-23-18-8-6-13(12-15(18)20)7-9-19(22)21-16-10-11-24-17-5-3-2-4-14(16)17/h2-9,12,16H,10-11H2,1H3,(H,21,22)/b9-7+/t16-/m1/s1. The predicted molar refractivity (Wildman–Crippen MR) is 89.4 cm³/mol. The number of benzene rings is 2. The summed E-state index contributed by atoms with van der Waals surface area (Å²) in [6.07, 6.45) is 3.69. The number of methoxy groups -OCH3 is 1. The number of carbonyl (C=O) groups excluding carboxylic acids is 1. The summed E-state index contributed by atoms with van der Waals surface area (Å²) in [5.41, 5.74) is 1.57. The Labute approximate surface area is 139 Å². The molecule has 0 radical (unpaired) electrons. The molecule has 4 nitrogen and oxygen atoms in total. The third-order valence-corrected chi connectivity index (χ3v) is 3.88. The van der Waals surface area contributed by atoms with Crippen molar-refractivity contribution >= 4 is 12.0 Å². The molecule has 0 aliphatic carbocycles. The van der Waals surface area contributed by atoms with Crippen LogP contribution < -0.4 is 14.8 Å². The highest BCUT2D eigenvalue weighted by Crippen LogP contribution is 2.31. The molecule has 5 heteroatoms. The Morgan fingerprint density at radius 3 is 2.96 bits per heavy atom. The summed E-state index contributed by atoms with van der Waals surface area (Å²) < 4.78 is 24.1. The monoisotopic (exact) mass is 327 g/mol. The summed E-state index contributed by atoms with van der Waals surface area (Å²) in [5, 5.41) is 2.96. The third kappa shape index (κ3) is 3.56. The first-order valence-electron chi connectivity index (χ1n) is 7.71. The number of carbonyl (C=O) groups is 1. The van der Waals surface area contributed by atoms with Crippen molar-refractivity contribution in [2.24, 2.45) is 0 Å². The summed E-state index contributed by atoms with van der Waals surface area (Å²) in [7, 11) is 1.41. The van der Waals surface area contributed by atoms with E-state index in [-0.39, 0.29) is 17.7 Å². The van der Waals surface area contributed by atoms with Crippen LogP contribution in [0.1, 0.15) is 23.6 Å². The van der Waals surface area contributed by atoms with Gasteiger partial charge in [0.2, 0.25) is 5.91 Å². The van der Waals surface area contributed by atoms with Gasteiger partial charge in [-0.2, -0.15) is 0 Å². The third-order valence-electron chi connectivity index (χ3n) is 3.88. The van der Waals surface area contributed by atoms with Gasteiger partial charge in [0.1, 0.15) is 5.75 Å². The van der Waals surface area contributed by atoms with E-state index in [0.29, 0.717) is 18.6 Å². The van der Waals surface area contributed by atoms with Gasteiger partial charge in [-0.25, -0.2) is 4.39 Å². The van der Waals surface area contributed by atoms with Crippen molar-refractivity contribution in [3.63, 3.8) is 0 Å². The zero-order valence-electron chi connectivity index (χ0n) is 13.3. The first-order valence-corrected chi connectivity index (χ1v) is 7.71. The first-order chi connectivity index (χ1) is 11.7. The first kappa shape index (κ1) is 16.1. The zero-order chi connectivity index (χ0) is 16.9. The summed E-state index contributed by atoms with van der Waals surface area (Å²) in [6, 6.07) is 12.1. The number of nitrogens with one attached hydrogen (secondary N) is 1. The van der Waals surface area contributed by atoms with Crippen LogP contribution >= 0.6 is 0 Å². The molecule has 0 aromatic heterocycles. The Hall–Kier alpha value is -2.82. The van der Waals surface area contributed by atoms with Crippen molar-refractivity contribution in [1.82, 2.24) is 5.32 Å². The summed E-state index contributed by atoms with van der Waals surface area (Å²) in [4.78, 5) is 12.1. The highest BCUT2D eigenvalue weighted by molar-refractivity contribution is 5.92. The number of rotatable bonds is 4. The number of amides is 1. The lowest BCUT2D eigenvalue weighted by Crippen LogP contribution is -2.30. The number of ether oxygens (including phenoxy) is 2. The van der Waals surface area contributed by atoms with E-state index in [9.17, 15) is 9.18 Å². The molecule has 1 N–H and O–H groups in total. The maximum atomic E-state index is 13.6. The minimum absolute atomic E-state index is 0.0836. The van der Waals surface area contributed by atoms with Crippen LogP contribution in [0.3, 0.4) is 0 Å². The van der Waals surface area contributed by atoms with Gasteiger partial charge >= 0.3 is 0 Å². The lowest BCUT2D eigenvalue weighted by Gasteiger charge is -2.26. The molecule has 3 rings (SSSR count). The highest BCUT2D eigenvalue weighted by atomic mass is 19.1. The van der Waals surface area contributed by atoms with Gasteiger partial charge in [-0.15, -0.1) is 0 Å². The van der Waals surface area contributed by atoms with Crippen molar-refractivity contribution in [3.8, 4) is 11.5 Å². The molecule has 1 atom stereocenters. The van der Waals surface area contributed by atoms with Gasteiger partial charge in [-0.3, -0.25) is 4.79 Å². The van der Waals surface area contributed by atoms with Gasteiger partial charge in [0, 0.05) is 18.1 Å². The van der Waals surface area contributed by atoms with Gasteiger partial charge in [0.25, 0.3) is 0 Å². The number of fused-ring (bicyclic) bond motifs is 1. The zero-order valence-corrected chi connectivity index (χ0v) is 13.3. The Morgan fingerprint density at radius 1 is 1.33 bits per heavy atom. The second-order valence-corrected chi connectivity index (χ2v) is 5.46. The van der Waals surface area contributed by atoms with Crippen molar-refractivity contribution in [2.45, 2.75) is 12.5 Å². The fourth-order valence-corrected chi connectivity index (χ4v) is 2.67. The van der Waals surface area contributed by atoms with Crippen LogP contribution in [-0.2, 0) is 4.79 Å². The normalized spacial score (nSPS) is 16.3. The van der Waals surface area contributed by atoms with E-state index in [4.69, 9.17) is 9.47 Å². The van der Waals surface area contributed by atoms with Gasteiger partial charge in [0.15, 0.2) is 11.6 Å². The minimum atomic E-state index is -0.460. The van der Waals surface area contributed by atoms with E-state index in [0.717, 1.165) is 11.3 Å². The molecule has 0 unspecified atom stereocenters. The van der Waals surface area contributed by atoms with Crippen LogP contribution in [0.2, 0.25) is 0 Å². The maximum Gasteiger partial charge on any atom is 0.244 e. The molecule has 1 heterocycles. The van der Waals surface area contributed by atoms with Crippen molar-refractivity contribution in [1.29, 1.82) is 0 Å². The molecular weight excluding hydrogens is 309 g/mol. The quantitative estimate of drug-likeness (QED) is 0.875. The fraction of sp³-hybridized carbons (Fsp3) is 0.211. The largest absolute Gasteiger partial charge is 0.494 e. The van der Waals surface area contributed by atoms with Crippen LogP contribution in [0.5, 0.6) is 11.5 Å². The lowest BCUT2D eigenvalue weighted by molar-refractivity contribution is -0.117. The van der Waals surface area contributed by atoms with Gasteiger partial charge in [-0.1, -0.05) is 24.3 Å². The predicted octanol–water partition coefficient (Wildman–Crippen LogP) is 3.49. The molecule has 2 aromatic rings. The average Bonchev–Trinajstić information content (AvgIpc) is 2.60. The molecule has 0 bridgehead atoms. The van der Waals surface area contributed by atoms with Crippen molar-refractivity contribution in [2.75, 3.05) is 13.7 Å². The molecule has 1 amide bonds. The SMILES string of the molecule is COc1ccc(/C=C/C(=O)N[C@@H]2CCOc3ccccc32)cc1F. The second kappa shape index (κ2) is 7.17. The molecule has 2 aromatic carbocycles. The van der Waals surface area contributed by atoms with E-state index < -0.39 is 5.82 Å². The Morgan fingerprint density at radius 2 is 2.17 bits per heavy atom. The number of halogens is 1. The maximum absolute atomic E-state index is 13.6. The van der Waals surface area contributed by atoms with E-state index in [2.05, 4.69) is 5.32 Å². The van der Waals surface area contributed by atoms with Crippen LogP contribution in [0, 0.1) is 5.82 Å². The Bertz CT molecular complexity index is 773. The molecule has 24 heavy (non-hydrogen) atoms. The molecule has 124 valence electrons. The Kier molecular flexibility index (Phi) is 4.79. The lowest BCUT2D eigenvalue weighted by atomic mass is 10.0. The van der Waals surface area contributed by atoms with E-state index in [1.54, 1.807) is 12.1 Å². The molecule has 0 saturated carbocycles. The molecule has 0 fully saturated rings. The average molecular weight is 327 g/mol. The van der Waals surface area contributed by atoms with E-state index >= 15 is 0 Å². The topological polar surface area (TPSA) is 47.6 Å². The van der Waals surface area contributed by atoms with Crippen LogP contribution in [0.4, 0.5) is 4.39 Å². The number of hydrogen-bond donors (Lipinski definition) is 1. The van der Waals surface area contributed by atoms with Gasteiger partial charge in [-0.05, 0) is 29.8 Å². The van der Waals surface area contributed by atoms with Crippen LogP contribution in [0.25, 0.3) is 6.08 Å². The number of hydrogen-bond acceptors (Lipinski definition) is 3. The van der Waals surface area contributed by atoms with Crippen LogP contribution in [0.15, 0.2) is 48.5 Å². The summed E-state index contributed by atoms with van der Waals surface area (Å²) in [6.45, 7) is 0.565. The van der Waals surface area contributed by atoms with Crippen molar-refractivity contribution < 1.29 is 18.7 Å². The molecule has 1 aliphatic heterocycles. The fourth-order valence-electron chi connectivity index (χ4n) is 2.67. The van der Waals surface area contributed by atoms with E-state index in [1.165, 1.54) is 25.3 Å². The van der Waals surface area contributed by atoms with Gasteiger partial charge in [0.05, 0.1) is 19.8 Å². The molecular formula is C19H18FNO3. The minimum Gasteiger partial charge on any atom is -0.494 e. The molecule has 0 spiro atoms. The molecule has 0 saturated heterocycles. The molecule has 1 aliphatic rings. The van der Waals surface area contributed by atoms with Crippen molar-refractivity contribution in [3.05, 3.63) is 65.5 Å². The van der Waals surface area contributed by atoms with Gasteiger partial charge < -0.3 is 14.8 Å². The van der Waals surface area contributed by atoms with Crippen LogP contribution in [-0.4, -0.2) is 19.6 Å². The smallest absolute Gasteiger partial charge is 0.244 e. The summed E-state index contributed by atoms with van der Waals surface area (Å²) >= 11 is 0. The highest BCUT2D eigenvalue weighted by Gasteiger charge is 2.21. The van der Waals surface area contributed by atoms with E-state index in [1.807, 2.05) is 24.3 Å². The number of para-hydroxylation sites is 1. The Balaban J connectivity index is 1.67. The second-order valence-electron chi connectivity index (χ2n) is 5.46.